The zero-order valence-electron chi connectivity index (χ0n) is 9.49. The molecule has 1 aliphatic carbocycles. The zero-order valence-corrected chi connectivity index (χ0v) is 9.49. The molecule has 0 bridgehead atoms. The van der Waals surface area contributed by atoms with Gasteiger partial charge in [-0.1, -0.05) is 13.8 Å². The number of aliphatic hydroxyl groups is 1. The molecule has 0 radical (unpaired) electrons. The van der Waals surface area contributed by atoms with E-state index in [0.29, 0.717) is 5.76 Å². The Balaban J connectivity index is 2.31. The first-order chi connectivity index (χ1) is 6.95. The Bertz CT molecular complexity index is 321. The van der Waals surface area contributed by atoms with Crippen molar-refractivity contribution < 1.29 is 14.6 Å². The van der Waals surface area contributed by atoms with E-state index in [2.05, 4.69) is 6.92 Å². The summed E-state index contributed by atoms with van der Waals surface area (Å²) in [6.45, 7) is 5.62. The summed E-state index contributed by atoms with van der Waals surface area (Å²) in [5, 5.41) is 9.85. The van der Waals surface area contributed by atoms with Gasteiger partial charge < -0.3 is 9.84 Å². The average Bonchev–Trinajstić information content (AvgIpc) is 2.52. The molecule has 0 saturated heterocycles. The number of Topliss-reactive ketones (excluding diaryl/α,β-unsaturated/α-hetero) is 1. The summed E-state index contributed by atoms with van der Waals surface area (Å²) in [5.74, 6) is 0.601. The number of ether oxygens (including phenoxy) is 1. The average molecular weight is 210 g/mol. The van der Waals surface area contributed by atoms with Crippen LogP contribution in [0.25, 0.3) is 0 Å². The lowest BCUT2D eigenvalue weighted by Gasteiger charge is -2.42. The third-order valence-electron chi connectivity index (χ3n) is 4.03. The lowest BCUT2D eigenvalue weighted by atomic mass is 9.66. The van der Waals surface area contributed by atoms with E-state index in [4.69, 9.17) is 4.74 Å². The van der Waals surface area contributed by atoms with Gasteiger partial charge in [0.1, 0.15) is 6.10 Å². The van der Waals surface area contributed by atoms with E-state index in [0.717, 1.165) is 12.8 Å². The van der Waals surface area contributed by atoms with Crippen molar-refractivity contribution in [3.8, 4) is 0 Å². The van der Waals surface area contributed by atoms with Crippen molar-refractivity contribution in [1.82, 2.24) is 0 Å². The van der Waals surface area contributed by atoms with Gasteiger partial charge in [-0.15, -0.1) is 0 Å². The SMILES string of the molecule is CC(=O)C1=C[C@@]2(C)[C@H](CC[C@H](O)[C@@H]2C)O1. The van der Waals surface area contributed by atoms with Gasteiger partial charge in [0.25, 0.3) is 0 Å². The Kier molecular flexibility index (Phi) is 2.38. The van der Waals surface area contributed by atoms with Crippen molar-refractivity contribution in [2.24, 2.45) is 11.3 Å². The normalized spacial score (nSPS) is 44.3. The van der Waals surface area contributed by atoms with Crippen LogP contribution in [0.3, 0.4) is 0 Å². The number of hydrogen-bond donors (Lipinski definition) is 1. The molecular weight excluding hydrogens is 192 g/mol. The van der Waals surface area contributed by atoms with E-state index in [9.17, 15) is 9.90 Å². The van der Waals surface area contributed by atoms with E-state index < -0.39 is 0 Å². The van der Waals surface area contributed by atoms with Crippen LogP contribution in [0.15, 0.2) is 11.8 Å². The summed E-state index contributed by atoms with van der Waals surface area (Å²) >= 11 is 0. The molecular formula is C12H18O3. The largest absolute Gasteiger partial charge is 0.486 e. The summed E-state index contributed by atoms with van der Waals surface area (Å²) in [6, 6.07) is 0. The predicted molar refractivity (Wildman–Crippen MR) is 56.1 cm³/mol. The van der Waals surface area contributed by atoms with Crippen LogP contribution in [0.4, 0.5) is 0 Å². The molecule has 3 heteroatoms. The van der Waals surface area contributed by atoms with E-state index in [1.54, 1.807) is 0 Å². The topological polar surface area (TPSA) is 46.5 Å². The maximum absolute atomic E-state index is 11.3. The maximum Gasteiger partial charge on any atom is 0.193 e. The highest BCUT2D eigenvalue weighted by Gasteiger charge is 2.50. The number of ketones is 1. The monoisotopic (exact) mass is 210 g/mol. The zero-order chi connectivity index (χ0) is 11.2. The second-order valence-corrected chi connectivity index (χ2v) is 4.97. The Morgan fingerprint density at radius 2 is 2.27 bits per heavy atom. The minimum Gasteiger partial charge on any atom is -0.486 e. The molecule has 2 rings (SSSR count). The fourth-order valence-corrected chi connectivity index (χ4v) is 2.66. The molecule has 1 N–H and O–H groups in total. The first kappa shape index (κ1) is 10.7. The molecule has 2 aliphatic rings. The quantitative estimate of drug-likeness (QED) is 0.716. The van der Waals surface area contributed by atoms with Crippen LogP contribution in [0.5, 0.6) is 0 Å². The highest BCUT2D eigenvalue weighted by Crippen LogP contribution is 2.48. The second kappa shape index (κ2) is 3.34. The van der Waals surface area contributed by atoms with E-state index in [-0.39, 0.29) is 29.3 Å². The number of carbonyl (C=O) groups excluding carboxylic acids is 1. The van der Waals surface area contributed by atoms with Gasteiger partial charge in [0.05, 0.1) is 6.10 Å². The van der Waals surface area contributed by atoms with Crippen molar-refractivity contribution in [2.45, 2.75) is 45.8 Å². The highest BCUT2D eigenvalue weighted by atomic mass is 16.5. The molecule has 0 aromatic heterocycles. The molecule has 0 spiro atoms. The van der Waals surface area contributed by atoms with E-state index >= 15 is 0 Å². The summed E-state index contributed by atoms with van der Waals surface area (Å²) in [6.07, 6.45) is 3.29. The van der Waals surface area contributed by atoms with Crippen LogP contribution >= 0.6 is 0 Å². The van der Waals surface area contributed by atoms with Crippen molar-refractivity contribution >= 4 is 5.78 Å². The van der Waals surface area contributed by atoms with Crippen LogP contribution in [0, 0.1) is 11.3 Å². The van der Waals surface area contributed by atoms with Crippen molar-refractivity contribution in [2.75, 3.05) is 0 Å². The molecule has 84 valence electrons. The fourth-order valence-electron chi connectivity index (χ4n) is 2.66. The van der Waals surface area contributed by atoms with Gasteiger partial charge in [0.2, 0.25) is 0 Å². The van der Waals surface area contributed by atoms with Gasteiger partial charge in [0, 0.05) is 12.3 Å². The van der Waals surface area contributed by atoms with Crippen LogP contribution in [-0.2, 0) is 9.53 Å². The van der Waals surface area contributed by atoms with Gasteiger partial charge in [-0.25, -0.2) is 0 Å². The molecule has 0 aromatic rings. The second-order valence-electron chi connectivity index (χ2n) is 4.97. The van der Waals surface area contributed by atoms with Crippen LogP contribution in [0.2, 0.25) is 0 Å². The van der Waals surface area contributed by atoms with E-state index in [1.807, 2.05) is 13.0 Å². The summed E-state index contributed by atoms with van der Waals surface area (Å²) < 4.78 is 5.65. The molecule has 1 aliphatic heterocycles. The third-order valence-corrected chi connectivity index (χ3v) is 4.03. The fraction of sp³-hybridized carbons (Fsp3) is 0.750. The number of rotatable bonds is 1. The van der Waals surface area contributed by atoms with E-state index in [1.165, 1.54) is 6.92 Å². The number of hydrogen-bond acceptors (Lipinski definition) is 3. The van der Waals surface area contributed by atoms with Crippen LogP contribution < -0.4 is 0 Å². The van der Waals surface area contributed by atoms with Crippen molar-refractivity contribution in [3.05, 3.63) is 11.8 Å². The molecule has 1 fully saturated rings. The minimum atomic E-state index is -0.280. The number of fused-ring (bicyclic) bond motifs is 1. The summed E-state index contributed by atoms with van der Waals surface area (Å²) in [5.41, 5.74) is -0.182. The number of carbonyl (C=O) groups is 1. The molecule has 1 saturated carbocycles. The lowest BCUT2D eigenvalue weighted by molar-refractivity contribution is -0.119. The molecule has 0 aromatic carbocycles. The van der Waals surface area contributed by atoms with Gasteiger partial charge in [-0.05, 0) is 24.8 Å². The smallest absolute Gasteiger partial charge is 0.193 e. The standard InChI is InChI=1S/C12H18O3/c1-7-9(14)4-5-11-12(7,3)6-10(15-11)8(2)13/h6-7,9,11,14H,4-5H2,1-3H3/t7-,9-,11-,12+/m0/s1. The molecule has 0 amide bonds. The van der Waals surface area contributed by atoms with Gasteiger partial charge in [0.15, 0.2) is 11.5 Å². The molecule has 0 unspecified atom stereocenters. The molecule has 1 heterocycles. The molecule has 4 atom stereocenters. The Morgan fingerprint density at radius 3 is 2.87 bits per heavy atom. The number of aliphatic hydroxyl groups excluding tert-OH is 1. The lowest BCUT2D eigenvalue weighted by Crippen LogP contribution is -2.45. The van der Waals surface area contributed by atoms with Gasteiger partial charge in [-0.3, -0.25) is 4.79 Å². The Hall–Kier alpha value is -0.830. The minimum absolute atomic E-state index is 0.0210. The summed E-state index contributed by atoms with van der Waals surface area (Å²) in [7, 11) is 0. The Labute approximate surface area is 90.1 Å². The van der Waals surface area contributed by atoms with Gasteiger partial charge >= 0.3 is 0 Å². The first-order valence-corrected chi connectivity index (χ1v) is 5.53. The molecule has 3 nitrogen and oxygen atoms in total. The van der Waals surface area contributed by atoms with Crippen LogP contribution in [-0.4, -0.2) is 23.1 Å². The Morgan fingerprint density at radius 1 is 1.60 bits per heavy atom. The van der Waals surface area contributed by atoms with Crippen molar-refractivity contribution in [3.63, 3.8) is 0 Å². The van der Waals surface area contributed by atoms with Gasteiger partial charge in [-0.2, -0.15) is 0 Å². The van der Waals surface area contributed by atoms with Crippen molar-refractivity contribution in [1.29, 1.82) is 0 Å². The first-order valence-electron chi connectivity index (χ1n) is 5.53. The summed E-state index contributed by atoms with van der Waals surface area (Å²) in [4.78, 5) is 11.3. The number of allylic oxidation sites excluding steroid dienone is 1. The van der Waals surface area contributed by atoms with Crippen LogP contribution in [0.1, 0.15) is 33.6 Å². The third kappa shape index (κ3) is 1.49. The maximum atomic E-state index is 11.3. The molecule has 15 heavy (non-hydrogen) atoms. The predicted octanol–water partition coefficient (Wildman–Crippen LogP) is 1.66. The highest BCUT2D eigenvalue weighted by molar-refractivity contribution is 5.91.